The van der Waals surface area contributed by atoms with Crippen LogP contribution in [0.15, 0.2) is 30.2 Å². The maximum absolute atomic E-state index is 11.8. The normalized spacial score (nSPS) is 15.6. The summed E-state index contributed by atoms with van der Waals surface area (Å²) in [5, 5.41) is 3.05. The number of ether oxygens (including phenoxy) is 2. The van der Waals surface area contributed by atoms with E-state index in [2.05, 4.69) is 5.32 Å². The van der Waals surface area contributed by atoms with Crippen LogP contribution in [0.1, 0.15) is 15.9 Å². The van der Waals surface area contributed by atoms with Crippen molar-refractivity contribution in [3.05, 3.63) is 41.3 Å². The van der Waals surface area contributed by atoms with Gasteiger partial charge in [-0.05, 0) is 12.1 Å². The number of hydrogen-bond donors (Lipinski definition) is 2. The molecule has 0 radical (unpaired) electrons. The van der Waals surface area contributed by atoms with Gasteiger partial charge < -0.3 is 20.5 Å². The Morgan fingerprint density at radius 2 is 2.33 bits per heavy atom. The van der Waals surface area contributed by atoms with Crippen LogP contribution in [-0.4, -0.2) is 19.7 Å². The Labute approximate surface area is 104 Å². The van der Waals surface area contributed by atoms with Crippen molar-refractivity contribution in [1.82, 2.24) is 0 Å². The van der Waals surface area contributed by atoms with Gasteiger partial charge in [0.1, 0.15) is 17.9 Å². The second-order valence-corrected chi connectivity index (χ2v) is 4.03. The van der Waals surface area contributed by atoms with Crippen molar-refractivity contribution in [1.29, 1.82) is 0 Å². The van der Waals surface area contributed by atoms with Gasteiger partial charge in [0.2, 0.25) is 0 Å². The molecule has 1 aromatic carbocycles. The van der Waals surface area contributed by atoms with E-state index in [1.807, 2.05) is 12.1 Å². The molecular weight excluding hydrogens is 232 g/mol. The van der Waals surface area contributed by atoms with Crippen molar-refractivity contribution < 1.29 is 14.3 Å². The first kappa shape index (κ1) is 10.7. The highest BCUT2D eigenvalue weighted by atomic mass is 16.5. The minimum absolute atomic E-state index is 0.359. The number of methoxy groups -OCH3 is 1. The minimum atomic E-state index is -0.451. The van der Waals surface area contributed by atoms with Gasteiger partial charge >= 0.3 is 5.97 Å². The fourth-order valence-corrected chi connectivity index (χ4v) is 2.21. The van der Waals surface area contributed by atoms with E-state index in [1.54, 1.807) is 12.3 Å². The Morgan fingerprint density at radius 1 is 1.50 bits per heavy atom. The summed E-state index contributed by atoms with van der Waals surface area (Å²) >= 11 is 0. The standard InChI is InChI=1S/C13H12N2O3/c1-17-13(16)11-9(14)3-2-8-7-4-5-18-10(7)6-15-12(8)11/h2-4,6,15H,5,14H2,1H3. The monoisotopic (exact) mass is 244 g/mol. The first-order valence-corrected chi connectivity index (χ1v) is 5.53. The lowest BCUT2D eigenvalue weighted by Crippen LogP contribution is -2.13. The SMILES string of the molecule is COC(=O)c1c(N)ccc2c1NC=C1OCC=C12. The van der Waals surface area contributed by atoms with Crippen molar-refractivity contribution in [2.24, 2.45) is 0 Å². The summed E-state index contributed by atoms with van der Waals surface area (Å²) in [6, 6.07) is 3.58. The lowest BCUT2D eigenvalue weighted by molar-refractivity contribution is 0.0603. The third kappa shape index (κ3) is 1.37. The maximum Gasteiger partial charge on any atom is 0.342 e. The number of esters is 1. The molecule has 0 saturated carbocycles. The highest BCUT2D eigenvalue weighted by Gasteiger charge is 2.27. The van der Waals surface area contributed by atoms with Gasteiger partial charge in [-0.15, -0.1) is 0 Å². The predicted molar refractivity (Wildman–Crippen MR) is 67.8 cm³/mol. The molecule has 0 atom stereocenters. The number of benzene rings is 1. The highest BCUT2D eigenvalue weighted by Crippen LogP contribution is 2.40. The van der Waals surface area contributed by atoms with Gasteiger partial charge in [-0.3, -0.25) is 0 Å². The first-order chi connectivity index (χ1) is 8.72. The molecule has 0 fully saturated rings. The molecule has 3 rings (SSSR count). The van der Waals surface area contributed by atoms with Crippen LogP contribution in [0.4, 0.5) is 11.4 Å². The second kappa shape index (κ2) is 3.80. The number of allylic oxidation sites excluding steroid dienone is 1. The van der Waals surface area contributed by atoms with E-state index in [0.717, 1.165) is 16.9 Å². The van der Waals surface area contributed by atoms with Crippen molar-refractivity contribution in [3.63, 3.8) is 0 Å². The Kier molecular flexibility index (Phi) is 2.26. The molecule has 5 heteroatoms. The van der Waals surface area contributed by atoms with Crippen molar-refractivity contribution in [3.8, 4) is 0 Å². The van der Waals surface area contributed by atoms with Crippen LogP contribution in [0, 0.1) is 0 Å². The molecule has 2 aliphatic heterocycles. The van der Waals surface area contributed by atoms with Gasteiger partial charge in [-0.1, -0.05) is 6.07 Å². The molecule has 0 aromatic heterocycles. The second-order valence-electron chi connectivity index (χ2n) is 4.03. The van der Waals surface area contributed by atoms with E-state index in [0.29, 0.717) is 23.5 Å². The van der Waals surface area contributed by atoms with Crippen LogP contribution < -0.4 is 11.1 Å². The molecule has 92 valence electrons. The number of nitrogens with two attached hydrogens (primary N) is 1. The molecule has 1 aromatic rings. The summed E-state index contributed by atoms with van der Waals surface area (Å²) in [7, 11) is 1.34. The molecular formula is C13H12N2O3. The van der Waals surface area contributed by atoms with Gasteiger partial charge in [0.05, 0.1) is 12.8 Å². The Bertz CT molecular complexity index is 602. The van der Waals surface area contributed by atoms with Crippen LogP contribution in [0.3, 0.4) is 0 Å². The van der Waals surface area contributed by atoms with Gasteiger partial charge in [-0.2, -0.15) is 0 Å². The average Bonchev–Trinajstić information content (AvgIpc) is 2.86. The molecule has 5 nitrogen and oxygen atoms in total. The zero-order valence-corrected chi connectivity index (χ0v) is 9.82. The summed E-state index contributed by atoms with van der Waals surface area (Å²) < 4.78 is 10.2. The summed E-state index contributed by atoms with van der Waals surface area (Å²) in [6.45, 7) is 0.542. The molecule has 2 heterocycles. The minimum Gasteiger partial charge on any atom is -0.487 e. The maximum atomic E-state index is 11.8. The number of nitrogens with one attached hydrogen (secondary N) is 1. The summed E-state index contributed by atoms with van der Waals surface area (Å²) in [4.78, 5) is 11.8. The molecule has 2 aliphatic rings. The molecule has 0 unspecified atom stereocenters. The summed E-state index contributed by atoms with van der Waals surface area (Å²) in [5.41, 5.74) is 9.15. The van der Waals surface area contributed by atoms with E-state index >= 15 is 0 Å². The van der Waals surface area contributed by atoms with Gasteiger partial charge in [0, 0.05) is 23.0 Å². The number of anilines is 2. The van der Waals surface area contributed by atoms with E-state index in [4.69, 9.17) is 15.2 Å². The average molecular weight is 244 g/mol. The van der Waals surface area contributed by atoms with Gasteiger partial charge in [0.15, 0.2) is 0 Å². The lowest BCUT2D eigenvalue weighted by atomic mass is 9.96. The van der Waals surface area contributed by atoms with Gasteiger partial charge in [-0.25, -0.2) is 4.79 Å². The zero-order valence-electron chi connectivity index (χ0n) is 9.82. The fourth-order valence-electron chi connectivity index (χ4n) is 2.21. The topological polar surface area (TPSA) is 73.6 Å². The highest BCUT2D eigenvalue weighted by molar-refractivity contribution is 6.06. The van der Waals surface area contributed by atoms with Crippen LogP contribution in [0.2, 0.25) is 0 Å². The quantitative estimate of drug-likeness (QED) is 0.581. The van der Waals surface area contributed by atoms with E-state index in [1.165, 1.54) is 7.11 Å². The Hall–Kier alpha value is -2.43. The van der Waals surface area contributed by atoms with Gasteiger partial charge in [0.25, 0.3) is 0 Å². The molecule has 0 saturated heterocycles. The van der Waals surface area contributed by atoms with Crippen molar-refractivity contribution in [2.75, 3.05) is 24.8 Å². The van der Waals surface area contributed by atoms with Crippen molar-refractivity contribution in [2.45, 2.75) is 0 Å². The molecule has 0 aliphatic carbocycles. The Morgan fingerprint density at radius 3 is 3.11 bits per heavy atom. The fraction of sp³-hybridized carbons (Fsp3) is 0.154. The number of carbonyl (C=O) groups is 1. The number of nitrogen functional groups attached to an aromatic ring is 1. The molecule has 0 bridgehead atoms. The molecule has 18 heavy (non-hydrogen) atoms. The zero-order chi connectivity index (χ0) is 12.7. The predicted octanol–water partition coefficient (Wildman–Crippen LogP) is 1.74. The lowest BCUT2D eigenvalue weighted by Gasteiger charge is -2.20. The molecule has 3 N–H and O–H groups in total. The Balaban J connectivity index is 2.21. The number of rotatable bonds is 1. The number of carbonyl (C=O) groups excluding carboxylic acids is 1. The third-order valence-corrected chi connectivity index (χ3v) is 3.06. The van der Waals surface area contributed by atoms with E-state index in [-0.39, 0.29) is 0 Å². The largest absolute Gasteiger partial charge is 0.487 e. The van der Waals surface area contributed by atoms with Crippen LogP contribution >= 0.6 is 0 Å². The van der Waals surface area contributed by atoms with Crippen molar-refractivity contribution >= 4 is 22.9 Å². The summed E-state index contributed by atoms with van der Waals surface area (Å²) in [6.07, 6.45) is 3.70. The molecule has 0 spiro atoms. The van der Waals surface area contributed by atoms with E-state index < -0.39 is 5.97 Å². The van der Waals surface area contributed by atoms with E-state index in [9.17, 15) is 4.79 Å². The number of fused-ring (bicyclic) bond motifs is 3. The number of hydrogen-bond acceptors (Lipinski definition) is 5. The third-order valence-electron chi connectivity index (χ3n) is 3.06. The van der Waals surface area contributed by atoms with Crippen LogP contribution in [0.5, 0.6) is 0 Å². The molecule has 0 amide bonds. The smallest absolute Gasteiger partial charge is 0.342 e. The first-order valence-electron chi connectivity index (χ1n) is 5.53. The summed E-state index contributed by atoms with van der Waals surface area (Å²) in [5.74, 6) is 0.330. The van der Waals surface area contributed by atoms with Crippen LogP contribution in [0.25, 0.3) is 5.57 Å². The van der Waals surface area contributed by atoms with Crippen LogP contribution in [-0.2, 0) is 9.47 Å².